The maximum atomic E-state index is 12.3. The number of hydrogen-bond acceptors (Lipinski definition) is 3. The molecular formula is C18H17Cl2NO3. The Morgan fingerprint density at radius 1 is 1.12 bits per heavy atom. The summed E-state index contributed by atoms with van der Waals surface area (Å²) in [6.45, 7) is 5.24. The molecule has 0 fully saturated rings. The van der Waals surface area contributed by atoms with Crippen molar-refractivity contribution in [2.24, 2.45) is 0 Å². The topological polar surface area (TPSA) is 55.4 Å². The lowest BCUT2D eigenvalue weighted by Gasteiger charge is -2.15. The van der Waals surface area contributed by atoms with Gasteiger partial charge in [-0.05, 0) is 56.2 Å². The number of halogens is 2. The van der Waals surface area contributed by atoms with Gasteiger partial charge in [-0.15, -0.1) is 0 Å². The zero-order chi connectivity index (χ0) is 17.9. The molecule has 0 aromatic heterocycles. The third-order valence-electron chi connectivity index (χ3n) is 3.66. The van der Waals surface area contributed by atoms with Crippen LogP contribution in [-0.4, -0.2) is 18.0 Å². The van der Waals surface area contributed by atoms with E-state index in [4.69, 9.17) is 27.9 Å². The molecule has 2 aromatic carbocycles. The van der Waals surface area contributed by atoms with Crippen LogP contribution in [0.15, 0.2) is 36.4 Å². The highest BCUT2D eigenvalue weighted by molar-refractivity contribution is 6.35. The molecule has 0 unspecified atom stereocenters. The molecule has 0 heterocycles. The summed E-state index contributed by atoms with van der Waals surface area (Å²) in [6.07, 6.45) is -0.979. The van der Waals surface area contributed by atoms with Crippen LogP contribution in [-0.2, 0) is 9.53 Å². The summed E-state index contributed by atoms with van der Waals surface area (Å²) >= 11 is 11.9. The molecule has 0 radical (unpaired) electrons. The van der Waals surface area contributed by atoms with Crippen molar-refractivity contribution >= 4 is 40.8 Å². The molecule has 0 aliphatic carbocycles. The summed E-state index contributed by atoms with van der Waals surface area (Å²) in [6, 6.07) is 10.1. The van der Waals surface area contributed by atoms with Gasteiger partial charge in [0.25, 0.3) is 5.91 Å². The van der Waals surface area contributed by atoms with Gasteiger partial charge in [0.1, 0.15) is 0 Å². The number of hydrogen-bond donors (Lipinski definition) is 1. The molecule has 0 saturated carbocycles. The van der Waals surface area contributed by atoms with Gasteiger partial charge in [0.15, 0.2) is 6.10 Å². The first-order chi connectivity index (χ1) is 11.3. The largest absolute Gasteiger partial charge is 0.449 e. The van der Waals surface area contributed by atoms with Gasteiger partial charge in [0.05, 0.1) is 16.3 Å². The van der Waals surface area contributed by atoms with E-state index in [0.717, 1.165) is 11.1 Å². The molecule has 6 heteroatoms. The molecule has 1 amide bonds. The average Bonchev–Trinajstić information content (AvgIpc) is 2.53. The van der Waals surface area contributed by atoms with Gasteiger partial charge in [0.2, 0.25) is 0 Å². The molecule has 0 saturated heterocycles. The zero-order valence-electron chi connectivity index (χ0n) is 13.5. The maximum Gasteiger partial charge on any atom is 0.339 e. The Kier molecular flexibility index (Phi) is 5.86. The van der Waals surface area contributed by atoms with Crippen molar-refractivity contribution in [2.45, 2.75) is 26.9 Å². The molecule has 1 N–H and O–H groups in total. The van der Waals surface area contributed by atoms with E-state index in [1.54, 1.807) is 24.3 Å². The first kappa shape index (κ1) is 18.3. The van der Waals surface area contributed by atoms with Crippen LogP contribution in [0.3, 0.4) is 0 Å². The third kappa shape index (κ3) is 4.28. The van der Waals surface area contributed by atoms with Crippen LogP contribution in [0.5, 0.6) is 0 Å². The number of carbonyl (C=O) groups is 2. The molecular weight excluding hydrogens is 349 g/mol. The highest BCUT2D eigenvalue weighted by atomic mass is 35.5. The lowest BCUT2D eigenvalue weighted by Crippen LogP contribution is -2.30. The van der Waals surface area contributed by atoms with E-state index in [0.29, 0.717) is 21.3 Å². The minimum atomic E-state index is -0.979. The summed E-state index contributed by atoms with van der Waals surface area (Å²) < 4.78 is 5.25. The van der Waals surface area contributed by atoms with E-state index in [1.807, 2.05) is 19.9 Å². The number of amides is 1. The van der Waals surface area contributed by atoms with Crippen LogP contribution in [0.4, 0.5) is 5.69 Å². The van der Waals surface area contributed by atoms with Gasteiger partial charge in [0, 0.05) is 5.02 Å². The number of aryl methyl sites for hydroxylation is 1. The molecule has 126 valence electrons. The van der Waals surface area contributed by atoms with Crippen LogP contribution in [0, 0.1) is 13.8 Å². The Morgan fingerprint density at radius 2 is 1.83 bits per heavy atom. The van der Waals surface area contributed by atoms with Crippen molar-refractivity contribution in [1.29, 1.82) is 0 Å². The summed E-state index contributed by atoms with van der Waals surface area (Å²) in [5, 5.41) is 3.39. The Morgan fingerprint density at radius 3 is 2.54 bits per heavy atom. The van der Waals surface area contributed by atoms with E-state index in [-0.39, 0.29) is 0 Å². The van der Waals surface area contributed by atoms with Crippen molar-refractivity contribution in [1.82, 2.24) is 0 Å². The van der Waals surface area contributed by atoms with Crippen LogP contribution in [0.25, 0.3) is 0 Å². The summed E-state index contributed by atoms with van der Waals surface area (Å²) in [7, 11) is 0. The van der Waals surface area contributed by atoms with E-state index >= 15 is 0 Å². The van der Waals surface area contributed by atoms with Gasteiger partial charge in [-0.3, -0.25) is 4.79 Å². The first-order valence-corrected chi connectivity index (χ1v) is 8.08. The molecule has 2 rings (SSSR count). The van der Waals surface area contributed by atoms with E-state index in [2.05, 4.69) is 5.32 Å². The fourth-order valence-electron chi connectivity index (χ4n) is 2.08. The Balaban J connectivity index is 2.07. The number of benzene rings is 2. The molecule has 2 aromatic rings. The van der Waals surface area contributed by atoms with E-state index in [1.165, 1.54) is 13.0 Å². The zero-order valence-corrected chi connectivity index (χ0v) is 15.0. The predicted octanol–water partition coefficient (Wildman–Crippen LogP) is 4.79. The van der Waals surface area contributed by atoms with Crippen molar-refractivity contribution < 1.29 is 14.3 Å². The highest BCUT2D eigenvalue weighted by Crippen LogP contribution is 2.25. The Hall–Kier alpha value is -2.04. The number of carbonyl (C=O) groups excluding carboxylic acids is 2. The number of esters is 1. The number of ether oxygens (including phenoxy) is 1. The average molecular weight is 366 g/mol. The predicted molar refractivity (Wildman–Crippen MR) is 95.9 cm³/mol. The fourth-order valence-corrected chi connectivity index (χ4v) is 2.41. The molecule has 1 atom stereocenters. The molecule has 0 spiro atoms. The molecule has 0 bridgehead atoms. The number of rotatable bonds is 4. The molecule has 24 heavy (non-hydrogen) atoms. The SMILES string of the molecule is Cc1cccc(C(=O)O[C@@H](C)C(=O)Nc2cc(Cl)ccc2Cl)c1C. The summed E-state index contributed by atoms with van der Waals surface area (Å²) in [5.74, 6) is -1.03. The van der Waals surface area contributed by atoms with E-state index < -0.39 is 18.0 Å². The second-order valence-corrected chi connectivity index (χ2v) is 6.25. The van der Waals surface area contributed by atoms with Gasteiger partial charge >= 0.3 is 5.97 Å². The molecule has 0 aliphatic rings. The van der Waals surface area contributed by atoms with Crippen LogP contribution in [0.2, 0.25) is 10.0 Å². The normalized spacial score (nSPS) is 11.7. The van der Waals surface area contributed by atoms with Gasteiger partial charge < -0.3 is 10.1 Å². The monoisotopic (exact) mass is 365 g/mol. The quantitative estimate of drug-likeness (QED) is 0.792. The Bertz CT molecular complexity index is 790. The van der Waals surface area contributed by atoms with E-state index in [9.17, 15) is 9.59 Å². The van der Waals surface area contributed by atoms with Crippen molar-refractivity contribution in [3.8, 4) is 0 Å². The summed E-state index contributed by atoms with van der Waals surface area (Å²) in [4.78, 5) is 24.5. The lowest BCUT2D eigenvalue weighted by atomic mass is 10.0. The number of nitrogens with one attached hydrogen (secondary N) is 1. The van der Waals surface area contributed by atoms with Gasteiger partial charge in [-0.25, -0.2) is 4.79 Å². The highest BCUT2D eigenvalue weighted by Gasteiger charge is 2.21. The smallest absolute Gasteiger partial charge is 0.339 e. The third-order valence-corrected chi connectivity index (χ3v) is 4.23. The van der Waals surface area contributed by atoms with Crippen LogP contribution >= 0.6 is 23.2 Å². The second kappa shape index (κ2) is 7.69. The van der Waals surface area contributed by atoms with Crippen molar-refractivity contribution in [2.75, 3.05) is 5.32 Å². The lowest BCUT2D eigenvalue weighted by molar-refractivity contribution is -0.123. The number of anilines is 1. The van der Waals surface area contributed by atoms with Crippen LogP contribution in [0.1, 0.15) is 28.4 Å². The molecule has 4 nitrogen and oxygen atoms in total. The fraction of sp³-hybridized carbons (Fsp3) is 0.222. The van der Waals surface area contributed by atoms with Crippen LogP contribution < -0.4 is 5.32 Å². The van der Waals surface area contributed by atoms with Crippen molar-refractivity contribution in [3.63, 3.8) is 0 Å². The van der Waals surface area contributed by atoms with Gasteiger partial charge in [-0.1, -0.05) is 35.3 Å². The minimum absolute atomic E-state index is 0.348. The van der Waals surface area contributed by atoms with Gasteiger partial charge in [-0.2, -0.15) is 0 Å². The maximum absolute atomic E-state index is 12.3. The first-order valence-electron chi connectivity index (χ1n) is 7.32. The summed E-state index contributed by atoms with van der Waals surface area (Å²) in [5.41, 5.74) is 2.61. The minimum Gasteiger partial charge on any atom is -0.449 e. The van der Waals surface area contributed by atoms with Crippen molar-refractivity contribution in [3.05, 3.63) is 63.1 Å². The standard InChI is InChI=1S/C18H17Cl2NO3/c1-10-5-4-6-14(11(10)2)18(23)24-12(3)17(22)21-16-9-13(19)7-8-15(16)20/h4-9,12H,1-3H3,(H,21,22)/t12-/m0/s1. The second-order valence-electron chi connectivity index (χ2n) is 5.41. The Labute approximate surface area is 150 Å². The molecule has 0 aliphatic heterocycles.